The zero-order valence-electron chi connectivity index (χ0n) is 11.6. The van der Waals surface area contributed by atoms with Crippen molar-refractivity contribution >= 4 is 37.4 Å². The van der Waals surface area contributed by atoms with Crippen LogP contribution in [0.2, 0.25) is 0 Å². The third kappa shape index (κ3) is 4.79. The maximum atomic E-state index is 12.2. The SMILES string of the molecule is CCCC(Br)C(=O)c1ccc(OC)c(NS(C)(=O)=O)c1. The van der Waals surface area contributed by atoms with E-state index in [1.54, 1.807) is 12.1 Å². The summed E-state index contributed by atoms with van der Waals surface area (Å²) in [5.41, 5.74) is 0.698. The van der Waals surface area contributed by atoms with Crippen LogP contribution in [-0.4, -0.2) is 32.4 Å². The molecule has 0 saturated heterocycles. The van der Waals surface area contributed by atoms with Crippen LogP contribution in [0.4, 0.5) is 5.69 Å². The number of carbonyl (C=O) groups excluding carboxylic acids is 1. The van der Waals surface area contributed by atoms with Crippen molar-refractivity contribution in [3.05, 3.63) is 23.8 Å². The van der Waals surface area contributed by atoms with Gasteiger partial charge in [0.05, 0.1) is 23.9 Å². The number of alkyl halides is 1. The fourth-order valence-electron chi connectivity index (χ4n) is 1.71. The first kappa shape index (κ1) is 17.0. The fraction of sp³-hybridized carbons (Fsp3) is 0.462. The second kappa shape index (κ2) is 7.08. The average Bonchev–Trinajstić information content (AvgIpc) is 2.36. The molecular weight excluding hydrogens is 346 g/mol. The molecule has 1 aromatic rings. The number of ether oxygens (including phenoxy) is 1. The molecular formula is C13H18BrNO4S. The van der Waals surface area contributed by atoms with E-state index < -0.39 is 10.0 Å². The number of nitrogens with one attached hydrogen (secondary N) is 1. The number of anilines is 1. The second-order valence-corrected chi connectivity index (χ2v) is 7.26. The number of hydrogen-bond acceptors (Lipinski definition) is 4. The lowest BCUT2D eigenvalue weighted by Crippen LogP contribution is -2.15. The number of rotatable bonds is 7. The van der Waals surface area contributed by atoms with Crippen molar-refractivity contribution in [2.24, 2.45) is 0 Å². The molecule has 1 rings (SSSR count). The van der Waals surface area contributed by atoms with Crippen LogP contribution < -0.4 is 9.46 Å². The highest BCUT2D eigenvalue weighted by Gasteiger charge is 2.18. The minimum atomic E-state index is -3.44. The van der Waals surface area contributed by atoms with Gasteiger partial charge in [-0.2, -0.15) is 0 Å². The van der Waals surface area contributed by atoms with Crippen molar-refractivity contribution in [3.8, 4) is 5.75 Å². The maximum absolute atomic E-state index is 12.2. The predicted octanol–water partition coefficient (Wildman–Crippen LogP) is 2.81. The zero-order chi connectivity index (χ0) is 15.3. The van der Waals surface area contributed by atoms with Crippen LogP contribution in [0.25, 0.3) is 0 Å². The molecule has 5 nitrogen and oxygen atoms in total. The number of Topliss-reactive ketones (excluding diaryl/α,β-unsaturated/α-hetero) is 1. The quantitative estimate of drug-likeness (QED) is 0.597. The fourth-order valence-corrected chi connectivity index (χ4v) is 2.99. The molecule has 0 aliphatic carbocycles. The summed E-state index contributed by atoms with van der Waals surface area (Å²) >= 11 is 3.34. The Morgan fingerprint density at radius 2 is 2.10 bits per heavy atom. The second-order valence-electron chi connectivity index (χ2n) is 4.41. The molecule has 0 saturated carbocycles. The van der Waals surface area contributed by atoms with Gasteiger partial charge in [-0.05, 0) is 24.6 Å². The molecule has 0 aliphatic heterocycles. The highest BCUT2D eigenvalue weighted by Crippen LogP contribution is 2.28. The van der Waals surface area contributed by atoms with Crippen LogP contribution in [0.15, 0.2) is 18.2 Å². The molecule has 0 heterocycles. The van der Waals surface area contributed by atoms with Crippen LogP contribution in [0.3, 0.4) is 0 Å². The Labute approximate surface area is 127 Å². The van der Waals surface area contributed by atoms with Gasteiger partial charge in [0.15, 0.2) is 5.78 Å². The monoisotopic (exact) mass is 363 g/mol. The molecule has 1 N–H and O–H groups in total. The Morgan fingerprint density at radius 1 is 1.45 bits per heavy atom. The summed E-state index contributed by atoms with van der Waals surface area (Å²) in [5, 5.41) is 0. The lowest BCUT2D eigenvalue weighted by atomic mass is 10.0. The normalized spacial score (nSPS) is 12.8. The van der Waals surface area contributed by atoms with E-state index in [1.165, 1.54) is 13.2 Å². The van der Waals surface area contributed by atoms with E-state index in [4.69, 9.17) is 4.74 Å². The van der Waals surface area contributed by atoms with E-state index in [1.807, 2.05) is 6.92 Å². The Kier molecular flexibility index (Phi) is 6.01. The molecule has 0 spiro atoms. The number of halogens is 1. The van der Waals surface area contributed by atoms with Gasteiger partial charge >= 0.3 is 0 Å². The lowest BCUT2D eigenvalue weighted by molar-refractivity contribution is 0.0988. The number of sulfonamides is 1. The third-order valence-electron chi connectivity index (χ3n) is 2.61. The molecule has 0 bridgehead atoms. The van der Waals surface area contributed by atoms with Crippen LogP contribution in [0.5, 0.6) is 5.75 Å². The van der Waals surface area contributed by atoms with Crippen molar-refractivity contribution in [2.75, 3.05) is 18.1 Å². The predicted molar refractivity (Wildman–Crippen MR) is 83.4 cm³/mol. The van der Waals surface area contributed by atoms with E-state index in [9.17, 15) is 13.2 Å². The standard InChI is InChI=1S/C13H18BrNO4S/c1-4-5-10(14)13(16)9-6-7-12(19-2)11(8-9)15-20(3,17)18/h6-8,10,15H,4-5H2,1-3H3. The summed E-state index contributed by atoms with van der Waals surface area (Å²) < 4.78 is 30.1. The van der Waals surface area contributed by atoms with E-state index in [2.05, 4.69) is 20.7 Å². The third-order valence-corrected chi connectivity index (χ3v) is 4.07. The largest absolute Gasteiger partial charge is 0.495 e. The van der Waals surface area contributed by atoms with Crippen LogP contribution in [0.1, 0.15) is 30.1 Å². The summed E-state index contributed by atoms with van der Waals surface area (Å²) in [6.45, 7) is 1.99. The van der Waals surface area contributed by atoms with Crippen molar-refractivity contribution in [3.63, 3.8) is 0 Å². The van der Waals surface area contributed by atoms with Crippen LogP contribution >= 0.6 is 15.9 Å². The van der Waals surface area contributed by atoms with Crippen molar-refractivity contribution in [2.45, 2.75) is 24.6 Å². The Morgan fingerprint density at radius 3 is 2.60 bits per heavy atom. The van der Waals surface area contributed by atoms with Gasteiger partial charge in [-0.1, -0.05) is 29.3 Å². The number of ketones is 1. The van der Waals surface area contributed by atoms with E-state index in [0.717, 1.165) is 19.1 Å². The van der Waals surface area contributed by atoms with Gasteiger partial charge in [0.2, 0.25) is 10.0 Å². The molecule has 112 valence electrons. The Bertz CT molecular complexity index is 586. The number of methoxy groups -OCH3 is 1. The van der Waals surface area contributed by atoms with Crippen LogP contribution in [-0.2, 0) is 10.0 Å². The minimum Gasteiger partial charge on any atom is -0.495 e. The van der Waals surface area contributed by atoms with E-state index >= 15 is 0 Å². The molecule has 20 heavy (non-hydrogen) atoms. The van der Waals surface area contributed by atoms with Gasteiger partial charge in [-0.3, -0.25) is 9.52 Å². The maximum Gasteiger partial charge on any atom is 0.229 e. The molecule has 0 fully saturated rings. The first-order valence-electron chi connectivity index (χ1n) is 6.12. The van der Waals surface area contributed by atoms with Crippen molar-refractivity contribution in [1.82, 2.24) is 0 Å². The summed E-state index contributed by atoms with van der Waals surface area (Å²) in [5.74, 6) is 0.291. The first-order chi connectivity index (χ1) is 9.28. The summed E-state index contributed by atoms with van der Waals surface area (Å²) in [4.78, 5) is 11.9. The van der Waals surface area contributed by atoms with Crippen molar-refractivity contribution < 1.29 is 17.9 Å². The lowest BCUT2D eigenvalue weighted by Gasteiger charge is -2.13. The number of carbonyl (C=O) groups is 1. The summed E-state index contributed by atoms with van der Waals surface area (Å²) in [6.07, 6.45) is 2.65. The van der Waals surface area contributed by atoms with Crippen molar-refractivity contribution in [1.29, 1.82) is 0 Å². The van der Waals surface area contributed by atoms with Crippen LogP contribution in [0, 0.1) is 0 Å². The van der Waals surface area contributed by atoms with E-state index in [0.29, 0.717) is 11.3 Å². The molecule has 1 aromatic carbocycles. The topological polar surface area (TPSA) is 72.5 Å². The Balaban J connectivity index is 3.12. The summed E-state index contributed by atoms with van der Waals surface area (Å²) in [6, 6.07) is 4.69. The number of hydrogen-bond donors (Lipinski definition) is 1. The molecule has 7 heteroatoms. The van der Waals surface area contributed by atoms with Gasteiger partial charge in [-0.25, -0.2) is 8.42 Å². The molecule has 0 aromatic heterocycles. The Hall–Kier alpha value is -1.08. The molecule has 1 atom stereocenters. The zero-order valence-corrected chi connectivity index (χ0v) is 14.0. The molecule has 0 amide bonds. The van der Waals surface area contributed by atoms with Gasteiger partial charge in [0.25, 0.3) is 0 Å². The smallest absolute Gasteiger partial charge is 0.229 e. The summed E-state index contributed by atoms with van der Waals surface area (Å²) in [7, 11) is -2.00. The van der Waals surface area contributed by atoms with Gasteiger partial charge < -0.3 is 4.74 Å². The van der Waals surface area contributed by atoms with Gasteiger partial charge in [-0.15, -0.1) is 0 Å². The highest BCUT2D eigenvalue weighted by atomic mass is 79.9. The van der Waals surface area contributed by atoms with Gasteiger partial charge in [0, 0.05) is 5.56 Å². The first-order valence-corrected chi connectivity index (χ1v) is 8.93. The van der Waals surface area contributed by atoms with Gasteiger partial charge in [0.1, 0.15) is 5.75 Å². The van der Waals surface area contributed by atoms with E-state index in [-0.39, 0.29) is 16.3 Å². The minimum absolute atomic E-state index is 0.0777. The molecule has 0 radical (unpaired) electrons. The average molecular weight is 364 g/mol. The molecule has 0 aliphatic rings. The number of benzene rings is 1. The molecule has 1 unspecified atom stereocenters. The highest BCUT2D eigenvalue weighted by molar-refractivity contribution is 9.10.